The monoisotopic (exact) mass is 549 g/mol. The van der Waals surface area contributed by atoms with Gasteiger partial charge in [0.25, 0.3) is 0 Å². The van der Waals surface area contributed by atoms with Crippen LogP contribution in [0.4, 0.5) is 0 Å². The Labute approximate surface area is 227 Å². The number of nitrogens with one attached hydrogen (secondary N) is 1. The van der Waals surface area contributed by atoms with Crippen LogP contribution in [-0.2, 0) is 51.5 Å². The normalized spacial score (nSPS) is 16.1. The number of nitrogens with zero attached hydrogens (tertiary/aromatic N) is 2. The van der Waals surface area contributed by atoms with Gasteiger partial charge in [0.1, 0.15) is 18.2 Å². The number of carbonyl (C=O) groups excluding carboxylic acids is 3. The summed E-state index contributed by atoms with van der Waals surface area (Å²) in [5.74, 6) is -1.18. The molecule has 0 radical (unpaired) electrons. The van der Waals surface area contributed by atoms with Crippen LogP contribution in [0.25, 0.3) is 11.0 Å². The molecule has 1 unspecified atom stereocenters. The van der Waals surface area contributed by atoms with E-state index >= 15 is 0 Å². The van der Waals surface area contributed by atoms with E-state index in [2.05, 4.69) is 5.32 Å². The number of aromatic nitrogens is 2. The molecule has 1 saturated heterocycles. The molecule has 1 atom stereocenters. The van der Waals surface area contributed by atoms with Crippen LogP contribution in [0.5, 0.6) is 0 Å². The first-order chi connectivity index (χ1) is 18.6. The number of hydrogen-bond acceptors (Lipinski definition) is 9. The zero-order valence-corrected chi connectivity index (χ0v) is 23.2. The number of fused-ring (bicyclic) bond motifs is 1. The molecule has 0 spiro atoms. The highest BCUT2D eigenvalue weighted by atomic mass is 16.6. The molecule has 1 aromatic heterocycles. The summed E-state index contributed by atoms with van der Waals surface area (Å²) in [6, 6.07) is 4.89. The van der Waals surface area contributed by atoms with Gasteiger partial charge in [-0.25, -0.2) is 9.59 Å². The van der Waals surface area contributed by atoms with Gasteiger partial charge in [-0.3, -0.25) is 24.0 Å². The average Bonchev–Trinajstić information content (AvgIpc) is 3.11. The highest BCUT2D eigenvalue weighted by Crippen LogP contribution is 2.25. The van der Waals surface area contributed by atoms with Gasteiger partial charge >= 0.3 is 11.7 Å². The van der Waals surface area contributed by atoms with Crippen molar-refractivity contribution in [3.05, 3.63) is 34.2 Å². The Morgan fingerprint density at radius 2 is 1.56 bits per heavy atom. The lowest BCUT2D eigenvalue weighted by molar-refractivity contribution is -0.160. The molecule has 39 heavy (non-hydrogen) atoms. The third kappa shape index (κ3) is 8.99. The lowest BCUT2D eigenvalue weighted by atomic mass is 10.1. The van der Waals surface area contributed by atoms with Gasteiger partial charge in [-0.15, -0.1) is 0 Å². The second kappa shape index (κ2) is 14.4. The minimum absolute atomic E-state index is 0.106. The van der Waals surface area contributed by atoms with Crippen LogP contribution in [-0.4, -0.2) is 85.4 Å². The summed E-state index contributed by atoms with van der Waals surface area (Å²) in [4.78, 5) is 48.4. The standard InChI is InChI=1S/C27H39N3O9/c1-27(2,3)39-23(32)18-38-17-16-37-15-14-36-13-12-35-11-10-19-6-5-7-20-24(19)29(4)26(34)30(20)21-8-9-22(31)28-25(21)33/h5-7,21H,8-18H2,1-4H3,(H,28,31,33). The highest BCUT2D eigenvalue weighted by Gasteiger charge is 2.31. The third-order valence-electron chi connectivity index (χ3n) is 5.98. The molecule has 1 aromatic carbocycles. The second-order valence-electron chi connectivity index (χ2n) is 10.2. The van der Waals surface area contributed by atoms with E-state index in [1.807, 2.05) is 18.2 Å². The molecule has 216 valence electrons. The Morgan fingerprint density at radius 1 is 0.949 bits per heavy atom. The van der Waals surface area contributed by atoms with Gasteiger partial charge in [-0.2, -0.15) is 0 Å². The average molecular weight is 550 g/mol. The number of carbonyl (C=O) groups is 3. The van der Waals surface area contributed by atoms with Crippen LogP contribution in [0.1, 0.15) is 45.2 Å². The van der Waals surface area contributed by atoms with E-state index in [-0.39, 0.29) is 31.2 Å². The highest BCUT2D eigenvalue weighted by molar-refractivity contribution is 6.00. The molecule has 2 heterocycles. The molecule has 2 amide bonds. The van der Waals surface area contributed by atoms with Gasteiger partial charge in [-0.1, -0.05) is 12.1 Å². The Balaban J connectivity index is 1.32. The molecule has 3 rings (SSSR count). The van der Waals surface area contributed by atoms with E-state index in [1.54, 1.807) is 32.4 Å². The van der Waals surface area contributed by atoms with Crippen LogP contribution in [0, 0.1) is 0 Å². The zero-order valence-electron chi connectivity index (χ0n) is 23.2. The van der Waals surface area contributed by atoms with Crippen LogP contribution in [0.2, 0.25) is 0 Å². The van der Waals surface area contributed by atoms with Crippen molar-refractivity contribution in [2.24, 2.45) is 7.05 Å². The summed E-state index contributed by atoms with van der Waals surface area (Å²) in [6.07, 6.45) is 1.07. The Hall–Kier alpha value is -3.06. The molecule has 1 aliphatic heterocycles. The predicted molar refractivity (Wildman–Crippen MR) is 141 cm³/mol. The van der Waals surface area contributed by atoms with Crippen LogP contribution >= 0.6 is 0 Å². The molecule has 12 heteroatoms. The number of para-hydroxylation sites is 1. The first-order valence-electron chi connectivity index (χ1n) is 13.1. The van der Waals surface area contributed by atoms with Crippen molar-refractivity contribution in [3.63, 3.8) is 0 Å². The fourth-order valence-electron chi connectivity index (χ4n) is 4.32. The minimum Gasteiger partial charge on any atom is -0.458 e. The van der Waals surface area contributed by atoms with E-state index in [9.17, 15) is 19.2 Å². The van der Waals surface area contributed by atoms with Gasteiger partial charge in [0.15, 0.2) is 0 Å². The zero-order chi connectivity index (χ0) is 28.4. The smallest absolute Gasteiger partial charge is 0.332 e. The Morgan fingerprint density at radius 3 is 2.18 bits per heavy atom. The van der Waals surface area contributed by atoms with E-state index in [1.165, 1.54) is 4.57 Å². The molecule has 2 aromatic rings. The van der Waals surface area contributed by atoms with Gasteiger partial charge < -0.3 is 23.7 Å². The number of esters is 1. The van der Waals surface area contributed by atoms with Gasteiger partial charge in [-0.05, 0) is 45.2 Å². The molecule has 1 fully saturated rings. The second-order valence-corrected chi connectivity index (χ2v) is 10.2. The summed E-state index contributed by atoms with van der Waals surface area (Å²) in [7, 11) is 1.68. The first-order valence-corrected chi connectivity index (χ1v) is 13.1. The van der Waals surface area contributed by atoms with E-state index < -0.39 is 23.5 Å². The maximum atomic E-state index is 13.0. The number of benzene rings is 1. The number of rotatable bonds is 15. The molecule has 12 nitrogen and oxygen atoms in total. The van der Waals surface area contributed by atoms with Crippen molar-refractivity contribution in [1.29, 1.82) is 0 Å². The van der Waals surface area contributed by atoms with Crippen LogP contribution in [0.3, 0.4) is 0 Å². The van der Waals surface area contributed by atoms with Crippen molar-refractivity contribution < 1.29 is 38.1 Å². The lowest BCUT2D eigenvalue weighted by Gasteiger charge is -2.21. The number of imide groups is 1. The van der Waals surface area contributed by atoms with E-state index in [4.69, 9.17) is 23.7 Å². The first kappa shape index (κ1) is 30.5. The van der Waals surface area contributed by atoms with Crippen molar-refractivity contribution in [1.82, 2.24) is 14.5 Å². The fraction of sp³-hybridized carbons (Fsp3) is 0.630. The molecule has 1 aliphatic rings. The van der Waals surface area contributed by atoms with Crippen LogP contribution < -0.4 is 11.0 Å². The van der Waals surface area contributed by atoms with E-state index in [0.717, 1.165) is 11.1 Å². The maximum Gasteiger partial charge on any atom is 0.332 e. The summed E-state index contributed by atoms with van der Waals surface area (Å²) in [5.41, 5.74) is 1.52. The summed E-state index contributed by atoms with van der Waals surface area (Å²) in [6.45, 7) is 8.00. The molecule has 0 saturated carbocycles. The number of piperidine rings is 1. The molecule has 1 N–H and O–H groups in total. The predicted octanol–water partition coefficient (Wildman–Crippen LogP) is 1.27. The van der Waals surface area contributed by atoms with Gasteiger partial charge in [0, 0.05) is 13.5 Å². The maximum absolute atomic E-state index is 13.0. The molecule has 0 aliphatic carbocycles. The largest absolute Gasteiger partial charge is 0.458 e. The number of ether oxygens (including phenoxy) is 5. The van der Waals surface area contributed by atoms with Crippen molar-refractivity contribution in [2.75, 3.05) is 52.9 Å². The van der Waals surface area contributed by atoms with E-state index in [0.29, 0.717) is 58.0 Å². The Kier molecular flexibility index (Phi) is 11.2. The quantitative estimate of drug-likeness (QED) is 0.198. The minimum atomic E-state index is -0.712. The summed E-state index contributed by atoms with van der Waals surface area (Å²) >= 11 is 0. The number of aryl methyl sites for hydroxylation is 1. The lowest BCUT2D eigenvalue weighted by Crippen LogP contribution is -2.44. The van der Waals surface area contributed by atoms with Crippen molar-refractivity contribution in [3.8, 4) is 0 Å². The fourth-order valence-corrected chi connectivity index (χ4v) is 4.32. The SMILES string of the molecule is Cn1c(=O)n(C2CCC(=O)NC2=O)c2cccc(CCOCCOCCOCCOCC(=O)OC(C)(C)C)c21. The number of hydrogen-bond donors (Lipinski definition) is 1. The summed E-state index contributed by atoms with van der Waals surface area (Å²) in [5, 5.41) is 2.32. The van der Waals surface area contributed by atoms with Crippen molar-refractivity contribution >= 4 is 28.8 Å². The van der Waals surface area contributed by atoms with Gasteiger partial charge in [0.05, 0.1) is 57.3 Å². The molecule has 0 bridgehead atoms. The Bertz CT molecular complexity index is 1200. The van der Waals surface area contributed by atoms with Gasteiger partial charge in [0.2, 0.25) is 11.8 Å². The van der Waals surface area contributed by atoms with Crippen molar-refractivity contribution in [2.45, 2.75) is 51.7 Å². The number of imidazole rings is 1. The topological polar surface area (TPSA) is 136 Å². The van der Waals surface area contributed by atoms with Crippen LogP contribution in [0.15, 0.2) is 23.0 Å². The molecular weight excluding hydrogens is 510 g/mol. The third-order valence-corrected chi connectivity index (χ3v) is 5.98. The molecular formula is C27H39N3O9. The summed E-state index contributed by atoms with van der Waals surface area (Å²) < 4.78 is 30.0. The number of amides is 2.